The molecule has 0 aliphatic heterocycles. The van der Waals surface area contributed by atoms with Crippen LogP contribution in [0.1, 0.15) is 0 Å². The van der Waals surface area contributed by atoms with E-state index >= 15 is 0 Å². The molecule has 0 aliphatic carbocycles. The molecular formula is C8H5BrN2O. The Morgan fingerprint density at radius 3 is 3.00 bits per heavy atom. The fourth-order valence-electron chi connectivity index (χ4n) is 1.07. The van der Waals surface area contributed by atoms with Crippen LogP contribution in [0.25, 0.3) is 10.8 Å². The molecule has 60 valence electrons. The minimum absolute atomic E-state index is 0.0874. The highest BCUT2D eigenvalue weighted by Crippen LogP contribution is 2.17. The van der Waals surface area contributed by atoms with Crippen molar-refractivity contribution in [3.05, 3.63) is 39.5 Å². The second kappa shape index (κ2) is 2.71. The minimum Gasteiger partial charge on any atom is -0.327 e. The topological polar surface area (TPSA) is 45.8 Å². The number of nitrogens with zero attached hydrogens (tertiary/aromatic N) is 1. The largest absolute Gasteiger partial charge is 0.327 e. The summed E-state index contributed by atoms with van der Waals surface area (Å²) in [5, 5.41) is 1.49. The summed E-state index contributed by atoms with van der Waals surface area (Å²) < 4.78 is 0.852. The summed E-state index contributed by atoms with van der Waals surface area (Å²) in [6, 6.07) is 1.69. The predicted molar refractivity (Wildman–Crippen MR) is 50.1 cm³/mol. The molecule has 0 fully saturated rings. The predicted octanol–water partition coefficient (Wildman–Crippen LogP) is 1.69. The van der Waals surface area contributed by atoms with Crippen LogP contribution in [0.5, 0.6) is 0 Å². The Bertz CT molecular complexity index is 478. The monoisotopic (exact) mass is 224 g/mol. The summed E-state index contributed by atoms with van der Waals surface area (Å²) in [5.41, 5.74) is -0.0874. The van der Waals surface area contributed by atoms with Gasteiger partial charge in [0.1, 0.15) is 0 Å². The molecule has 0 amide bonds. The zero-order valence-corrected chi connectivity index (χ0v) is 7.63. The maximum absolute atomic E-state index is 11.2. The number of halogens is 1. The molecule has 2 rings (SSSR count). The van der Waals surface area contributed by atoms with E-state index in [1.54, 1.807) is 24.7 Å². The first-order chi connectivity index (χ1) is 5.79. The van der Waals surface area contributed by atoms with Crippen molar-refractivity contribution in [2.45, 2.75) is 0 Å². The van der Waals surface area contributed by atoms with E-state index in [4.69, 9.17) is 0 Å². The molecular weight excluding hydrogens is 220 g/mol. The van der Waals surface area contributed by atoms with Gasteiger partial charge in [-0.3, -0.25) is 9.78 Å². The van der Waals surface area contributed by atoms with E-state index in [9.17, 15) is 4.79 Å². The average molecular weight is 225 g/mol. The summed E-state index contributed by atoms with van der Waals surface area (Å²) >= 11 is 3.32. The molecule has 4 heteroatoms. The van der Waals surface area contributed by atoms with Gasteiger partial charge in [0, 0.05) is 28.4 Å². The van der Waals surface area contributed by atoms with Crippen molar-refractivity contribution in [3.8, 4) is 0 Å². The number of hydrogen-bond acceptors (Lipinski definition) is 2. The van der Waals surface area contributed by atoms with E-state index in [1.807, 2.05) is 0 Å². The fourth-order valence-corrected chi connectivity index (χ4v) is 1.50. The zero-order valence-electron chi connectivity index (χ0n) is 6.04. The number of aromatic nitrogens is 2. The number of hydrogen-bond donors (Lipinski definition) is 1. The molecule has 0 aliphatic rings. The van der Waals surface area contributed by atoms with Crippen molar-refractivity contribution < 1.29 is 0 Å². The highest BCUT2D eigenvalue weighted by Gasteiger charge is 2.00. The van der Waals surface area contributed by atoms with E-state index in [0.717, 1.165) is 9.86 Å². The minimum atomic E-state index is -0.0874. The van der Waals surface area contributed by atoms with Gasteiger partial charge in [-0.25, -0.2) is 0 Å². The summed E-state index contributed by atoms with van der Waals surface area (Å²) in [7, 11) is 0. The molecule has 0 unspecified atom stereocenters. The van der Waals surface area contributed by atoms with Gasteiger partial charge in [0.05, 0.1) is 5.39 Å². The van der Waals surface area contributed by atoms with Gasteiger partial charge in [-0.15, -0.1) is 0 Å². The normalized spacial score (nSPS) is 10.4. The molecule has 0 aromatic carbocycles. The maximum Gasteiger partial charge on any atom is 0.255 e. The Labute approximate surface area is 76.6 Å². The summed E-state index contributed by atoms with van der Waals surface area (Å²) in [6.07, 6.45) is 4.88. The fraction of sp³-hybridized carbons (Fsp3) is 0. The smallest absolute Gasteiger partial charge is 0.255 e. The van der Waals surface area contributed by atoms with Gasteiger partial charge < -0.3 is 4.98 Å². The van der Waals surface area contributed by atoms with Crippen LogP contribution in [0.4, 0.5) is 0 Å². The second-order valence-corrected chi connectivity index (χ2v) is 3.24. The van der Waals surface area contributed by atoms with Crippen molar-refractivity contribution >= 4 is 26.7 Å². The first-order valence-electron chi connectivity index (χ1n) is 3.40. The van der Waals surface area contributed by atoms with Crippen LogP contribution in [0.2, 0.25) is 0 Å². The molecule has 12 heavy (non-hydrogen) atoms. The lowest BCUT2D eigenvalue weighted by atomic mass is 10.2. The Morgan fingerprint density at radius 1 is 1.42 bits per heavy atom. The van der Waals surface area contributed by atoms with Crippen LogP contribution < -0.4 is 5.56 Å². The van der Waals surface area contributed by atoms with E-state index in [0.29, 0.717) is 5.39 Å². The van der Waals surface area contributed by atoms with Crippen LogP contribution in [-0.4, -0.2) is 9.97 Å². The number of aromatic amines is 1. The third-order valence-electron chi connectivity index (χ3n) is 1.65. The van der Waals surface area contributed by atoms with E-state index in [1.165, 1.54) is 0 Å². The molecule has 2 aromatic rings. The van der Waals surface area contributed by atoms with Gasteiger partial charge in [-0.05, 0) is 22.0 Å². The van der Waals surface area contributed by atoms with Gasteiger partial charge in [0.15, 0.2) is 0 Å². The number of pyridine rings is 2. The van der Waals surface area contributed by atoms with Gasteiger partial charge in [-0.1, -0.05) is 0 Å². The molecule has 3 nitrogen and oxygen atoms in total. The van der Waals surface area contributed by atoms with Crippen LogP contribution in [0.15, 0.2) is 33.9 Å². The quantitative estimate of drug-likeness (QED) is 0.741. The molecule has 2 aromatic heterocycles. The summed E-state index contributed by atoms with van der Waals surface area (Å²) in [6.45, 7) is 0. The van der Waals surface area contributed by atoms with Crippen LogP contribution in [0.3, 0.4) is 0 Å². The van der Waals surface area contributed by atoms with Crippen LogP contribution in [0, 0.1) is 0 Å². The van der Waals surface area contributed by atoms with Crippen molar-refractivity contribution in [2.75, 3.05) is 0 Å². The van der Waals surface area contributed by atoms with Crippen molar-refractivity contribution in [2.24, 2.45) is 0 Å². The molecule has 0 atom stereocenters. The third-order valence-corrected chi connectivity index (χ3v) is 2.31. The number of nitrogens with one attached hydrogen (secondary N) is 1. The molecule has 0 bridgehead atoms. The van der Waals surface area contributed by atoms with Gasteiger partial charge in [0.2, 0.25) is 0 Å². The standard InChI is InChI=1S/C8H5BrN2O/c9-7-4-11-8(12)5-1-2-10-3-6(5)7/h1-4H,(H,11,12). The Balaban J connectivity index is 3.05. The Kier molecular flexibility index (Phi) is 1.69. The molecule has 0 saturated heterocycles. The highest BCUT2D eigenvalue weighted by atomic mass is 79.9. The van der Waals surface area contributed by atoms with E-state index in [-0.39, 0.29) is 5.56 Å². The third kappa shape index (κ3) is 1.04. The lowest BCUT2D eigenvalue weighted by Crippen LogP contribution is -2.04. The highest BCUT2D eigenvalue weighted by molar-refractivity contribution is 9.10. The van der Waals surface area contributed by atoms with Crippen molar-refractivity contribution in [3.63, 3.8) is 0 Å². The van der Waals surface area contributed by atoms with Gasteiger partial charge in [0.25, 0.3) is 5.56 Å². The molecule has 1 N–H and O–H groups in total. The van der Waals surface area contributed by atoms with Gasteiger partial charge >= 0.3 is 0 Å². The maximum atomic E-state index is 11.2. The Morgan fingerprint density at radius 2 is 2.25 bits per heavy atom. The lowest BCUT2D eigenvalue weighted by Gasteiger charge is -1.96. The van der Waals surface area contributed by atoms with E-state index in [2.05, 4.69) is 25.9 Å². The SMILES string of the molecule is O=c1[nH]cc(Br)c2cnccc12. The van der Waals surface area contributed by atoms with Crippen molar-refractivity contribution in [1.82, 2.24) is 9.97 Å². The lowest BCUT2D eigenvalue weighted by molar-refractivity contribution is 1.25. The first kappa shape index (κ1) is 7.49. The molecule has 2 heterocycles. The van der Waals surface area contributed by atoms with E-state index < -0.39 is 0 Å². The molecule has 0 spiro atoms. The zero-order chi connectivity index (χ0) is 8.55. The average Bonchev–Trinajstić information content (AvgIpc) is 2.12. The Hall–Kier alpha value is -1.16. The molecule has 0 radical (unpaired) electrons. The summed E-state index contributed by atoms with van der Waals surface area (Å²) in [4.78, 5) is 17.8. The molecule has 0 saturated carbocycles. The van der Waals surface area contributed by atoms with Crippen LogP contribution >= 0.6 is 15.9 Å². The first-order valence-corrected chi connectivity index (χ1v) is 4.19. The number of rotatable bonds is 0. The second-order valence-electron chi connectivity index (χ2n) is 2.39. The van der Waals surface area contributed by atoms with Crippen LogP contribution in [-0.2, 0) is 0 Å². The summed E-state index contributed by atoms with van der Waals surface area (Å²) in [5.74, 6) is 0. The van der Waals surface area contributed by atoms with Crippen molar-refractivity contribution in [1.29, 1.82) is 0 Å². The van der Waals surface area contributed by atoms with Gasteiger partial charge in [-0.2, -0.15) is 0 Å². The number of fused-ring (bicyclic) bond motifs is 1. The number of H-pyrrole nitrogens is 1.